The van der Waals surface area contributed by atoms with Gasteiger partial charge < -0.3 is 24.6 Å². The zero-order valence-corrected chi connectivity index (χ0v) is 16.2. The van der Waals surface area contributed by atoms with Crippen molar-refractivity contribution in [2.24, 2.45) is 0 Å². The molecule has 0 saturated heterocycles. The fraction of sp³-hybridized carbons (Fsp3) is 0.350. The van der Waals surface area contributed by atoms with Crippen molar-refractivity contribution in [3.63, 3.8) is 0 Å². The van der Waals surface area contributed by atoms with Gasteiger partial charge in [0.1, 0.15) is 17.1 Å². The minimum absolute atomic E-state index is 0.00514. The first kappa shape index (κ1) is 19.5. The van der Waals surface area contributed by atoms with Crippen molar-refractivity contribution < 1.29 is 24.1 Å². The number of amides is 1. The molecule has 2 aromatic heterocycles. The predicted octanol–water partition coefficient (Wildman–Crippen LogP) is 3.84. The number of hydrogen-bond acceptors (Lipinski definition) is 7. The first-order valence-electron chi connectivity index (χ1n) is 9.17. The van der Waals surface area contributed by atoms with Gasteiger partial charge in [-0.1, -0.05) is 31.1 Å². The molecule has 1 amide bonds. The number of carbonyl (C=O) groups is 1. The van der Waals surface area contributed by atoms with Gasteiger partial charge in [0, 0.05) is 18.7 Å². The highest BCUT2D eigenvalue weighted by molar-refractivity contribution is 6.01. The van der Waals surface area contributed by atoms with Gasteiger partial charge in [-0.25, -0.2) is 0 Å². The lowest BCUT2D eigenvalue weighted by Gasteiger charge is -2.11. The molecular weight excluding hydrogens is 362 g/mol. The summed E-state index contributed by atoms with van der Waals surface area (Å²) in [6.45, 7) is 7.98. The lowest BCUT2D eigenvalue weighted by atomic mass is 9.95. The standard InChI is InChI=1S/C20H23N3O5/c1-5-11-7-16(27-22-11)17-18(20(26)21-6-2)23-28-19(17)13-8-12(10(3)4)14(24)9-15(13)25/h7-10,24-25H,5-6H2,1-4H3,(H,21,26). The Kier molecular flexibility index (Phi) is 5.39. The molecule has 1 aromatic carbocycles. The zero-order chi connectivity index (χ0) is 20.4. The molecule has 8 nitrogen and oxygen atoms in total. The van der Waals surface area contributed by atoms with Gasteiger partial charge in [-0.15, -0.1) is 0 Å². The molecule has 0 bridgehead atoms. The summed E-state index contributed by atoms with van der Waals surface area (Å²) in [5, 5.41) is 31.1. The van der Waals surface area contributed by atoms with Gasteiger partial charge in [-0.3, -0.25) is 4.79 Å². The monoisotopic (exact) mass is 385 g/mol. The third-order valence-electron chi connectivity index (χ3n) is 4.42. The Morgan fingerprint density at radius 3 is 2.46 bits per heavy atom. The number of rotatable bonds is 6. The molecule has 3 aromatic rings. The molecule has 8 heteroatoms. The van der Waals surface area contributed by atoms with Crippen LogP contribution in [0.5, 0.6) is 11.5 Å². The Balaban J connectivity index is 2.25. The van der Waals surface area contributed by atoms with Crippen molar-refractivity contribution >= 4 is 5.91 Å². The maximum atomic E-state index is 12.5. The van der Waals surface area contributed by atoms with Crippen molar-refractivity contribution in [3.05, 3.63) is 35.2 Å². The van der Waals surface area contributed by atoms with Gasteiger partial charge >= 0.3 is 0 Å². The first-order valence-corrected chi connectivity index (χ1v) is 9.17. The third kappa shape index (κ3) is 3.45. The second-order valence-corrected chi connectivity index (χ2v) is 6.71. The molecule has 2 heterocycles. The maximum absolute atomic E-state index is 12.5. The van der Waals surface area contributed by atoms with Crippen molar-refractivity contribution in [2.75, 3.05) is 6.54 Å². The molecule has 0 aliphatic rings. The molecule has 3 rings (SSSR count). The SMILES string of the molecule is CCNC(=O)c1noc(-c2cc(C(C)C)c(O)cc2O)c1-c1cc(CC)no1. The maximum Gasteiger partial charge on any atom is 0.274 e. The summed E-state index contributed by atoms with van der Waals surface area (Å²) in [5.74, 6) is -0.159. The fourth-order valence-corrected chi connectivity index (χ4v) is 2.94. The molecule has 0 fully saturated rings. The smallest absolute Gasteiger partial charge is 0.274 e. The van der Waals surface area contributed by atoms with E-state index in [9.17, 15) is 15.0 Å². The third-order valence-corrected chi connectivity index (χ3v) is 4.42. The van der Waals surface area contributed by atoms with Gasteiger partial charge in [-0.2, -0.15) is 0 Å². The Morgan fingerprint density at radius 1 is 1.11 bits per heavy atom. The number of aromatic nitrogens is 2. The number of carbonyl (C=O) groups excluding carboxylic acids is 1. The van der Waals surface area contributed by atoms with Crippen LogP contribution in [-0.4, -0.2) is 33.0 Å². The zero-order valence-electron chi connectivity index (χ0n) is 16.2. The van der Waals surface area contributed by atoms with Gasteiger partial charge in [-0.05, 0) is 30.9 Å². The summed E-state index contributed by atoms with van der Waals surface area (Å²) in [5.41, 5.74) is 1.97. The minimum atomic E-state index is -0.427. The number of nitrogens with one attached hydrogen (secondary N) is 1. The lowest BCUT2D eigenvalue weighted by molar-refractivity contribution is 0.0947. The van der Waals surface area contributed by atoms with E-state index in [-0.39, 0.29) is 28.9 Å². The van der Waals surface area contributed by atoms with Gasteiger partial charge in [0.25, 0.3) is 5.91 Å². The number of benzene rings is 1. The number of nitrogens with zero attached hydrogens (tertiary/aromatic N) is 2. The average molecular weight is 385 g/mol. The van der Waals surface area contributed by atoms with Crippen LogP contribution in [0.1, 0.15) is 55.4 Å². The van der Waals surface area contributed by atoms with E-state index in [0.29, 0.717) is 41.1 Å². The van der Waals surface area contributed by atoms with E-state index in [4.69, 9.17) is 9.05 Å². The second kappa shape index (κ2) is 7.75. The molecule has 0 aliphatic carbocycles. The van der Waals surface area contributed by atoms with E-state index in [1.807, 2.05) is 20.8 Å². The van der Waals surface area contributed by atoms with E-state index in [0.717, 1.165) is 0 Å². The first-order chi connectivity index (χ1) is 13.4. The van der Waals surface area contributed by atoms with Crippen molar-refractivity contribution in [3.8, 4) is 34.1 Å². The highest BCUT2D eigenvalue weighted by atomic mass is 16.5. The lowest BCUT2D eigenvalue weighted by Crippen LogP contribution is -2.23. The van der Waals surface area contributed by atoms with Gasteiger partial charge in [0.15, 0.2) is 17.2 Å². The summed E-state index contributed by atoms with van der Waals surface area (Å²) in [6, 6.07) is 4.58. The average Bonchev–Trinajstić information content (AvgIpc) is 3.28. The number of hydrogen-bond donors (Lipinski definition) is 3. The van der Waals surface area contributed by atoms with E-state index in [1.54, 1.807) is 19.1 Å². The normalized spacial score (nSPS) is 11.2. The quantitative estimate of drug-likeness (QED) is 0.589. The molecule has 0 atom stereocenters. The highest BCUT2D eigenvalue weighted by Crippen LogP contribution is 2.43. The highest BCUT2D eigenvalue weighted by Gasteiger charge is 2.29. The van der Waals surface area contributed by atoms with Crippen LogP contribution in [0, 0.1) is 0 Å². The Bertz CT molecular complexity index is 1000. The van der Waals surface area contributed by atoms with Crippen LogP contribution in [-0.2, 0) is 6.42 Å². The number of phenols is 2. The van der Waals surface area contributed by atoms with Crippen molar-refractivity contribution in [2.45, 2.75) is 40.0 Å². The Hall–Kier alpha value is -3.29. The summed E-state index contributed by atoms with van der Waals surface area (Å²) < 4.78 is 10.9. The van der Waals surface area contributed by atoms with E-state index < -0.39 is 5.91 Å². The summed E-state index contributed by atoms with van der Waals surface area (Å²) >= 11 is 0. The summed E-state index contributed by atoms with van der Waals surface area (Å²) in [6.07, 6.45) is 0.655. The Labute approximate surface area is 162 Å². The van der Waals surface area contributed by atoms with E-state index in [1.165, 1.54) is 6.07 Å². The molecule has 0 unspecified atom stereocenters. The fourth-order valence-electron chi connectivity index (χ4n) is 2.94. The molecule has 3 N–H and O–H groups in total. The van der Waals surface area contributed by atoms with Crippen LogP contribution in [0.25, 0.3) is 22.6 Å². The van der Waals surface area contributed by atoms with E-state index >= 15 is 0 Å². The number of aryl methyl sites for hydroxylation is 1. The van der Waals surface area contributed by atoms with Crippen LogP contribution >= 0.6 is 0 Å². The van der Waals surface area contributed by atoms with Crippen LogP contribution < -0.4 is 5.32 Å². The predicted molar refractivity (Wildman–Crippen MR) is 102 cm³/mol. The number of phenolic OH excluding ortho intramolecular Hbond substituents is 2. The minimum Gasteiger partial charge on any atom is -0.508 e. The molecular formula is C20H23N3O5. The van der Waals surface area contributed by atoms with Crippen LogP contribution in [0.2, 0.25) is 0 Å². The van der Waals surface area contributed by atoms with Gasteiger partial charge in [0.2, 0.25) is 0 Å². The van der Waals surface area contributed by atoms with Crippen LogP contribution in [0.3, 0.4) is 0 Å². The van der Waals surface area contributed by atoms with Gasteiger partial charge in [0.05, 0.1) is 11.3 Å². The summed E-state index contributed by atoms with van der Waals surface area (Å²) in [4.78, 5) is 12.5. The van der Waals surface area contributed by atoms with Crippen LogP contribution in [0.15, 0.2) is 27.2 Å². The van der Waals surface area contributed by atoms with Crippen LogP contribution in [0.4, 0.5) is 0 Å². The summed E-state index contributed by atoms with van der Waals surface area (Å²) in [7, 11) is 0. The topological polar surface area (TPSA) is 122 Å². The molecule has 0 saturated carbocycles. The van der Waals surface area contributed by atoms with Crippen molar-refractivity contribution in [1.29, 1.82) is 0 Å². The number of aromatic hydroxyl groups is 2. The molecule has 148 valence electrons. The second-order valence-electron chi connectivity index (χ2n) is 6.71. The molecule has 0 spiro atoms. The van der Waals surface area contributed by atoms with Crippen molar-refractivity contribution in [1.82, 2.24) is 15.6 Å². The molecule has 0 aliphatic heterocycles. The largest absolute Gasteiger partial charge is 0.508 e. The van der Waals surface area contributed by atoms with E-state index in [2.05, 4.69) is 15.6 Å². The molecule has 28 heavy (non-hydrogen) atoms. The molecule has 0 radical (unpaired) electrons. The Morgan fingerprint density at radius 2 is 1.86 bits per heavy atom.